The van der Waals surface area contributed by atoms with Gasteiger partial charge in [0.25, 0.3) is 0 Å². The van der Waals surface area contributed by atoms with Crippen molar-refractivity contribution in [3.05, 3.63) is 168 Å². The lowest BCUT2D eigenvalue weighted by atomic mass is 9.92. The Labute approximate surface area is 260 Å². The Morgan fingerprint density at radius 1 is 0.533 bits per heavy atom. The first kappa shape index (κ1) is 25.5. The topological polar surface area (TPSA) is 49.9 Å². The predicted molar refractivity (Wildman–Crippen MR) is 186 cm³/mol. The molecule has 212 valence electrons. The number of amidine groups is 2. The molecule has 1 N–H and O–H groups in total. The highest BCUT2D eigenvalue weighted by Gasteiger charge is 2.26. The quantitative estimate of drug-likeness (QED) is 0.226. The van der Waals surface area contributed by atoms with Gasteiger partial charge in [0.2, 0.25) is 0 Å². The van der Waals surface area contributed by atoms with E-state index in [-0.39, 0.29) is 6.17 Å². The SMILES string of the molecule is c1ccc(C2=NC(c3c(-c4ccc5ccccc5c4)ccc4oc5ccccc5c34)=NC(c3ccc4ccccc4c3)N2)cc1. The Morgan fingerprint density at radius 3 is 2.04 bits per heavy atom. The van der Waals surface area contributed by atoms with Gasteiger partial charge in [-0.1, -0.05) is 121 Å². The van der Waals surface area contributed by atoms with Crippen LogP contribution in [0, 0.1) is 0 Å². The Balaban J connectivity index is 1.33. The van der Waals surface area contributed by atoms with Crippen molar-refractivity contribution >= 4 is 55.2 Å². The molecule has 1 unspecified atom stereocenters. The number of hydrogen-bond donors (Lipinski definition) is 1. The van der Waals surface area contributed by atoms with E-state index in [0.717, 1.165) is 55.6 Å². The Kier molecular flexibility index (Phi) is 5.85. The molecule has 0 spiro atoms. The van der Waals surface area contributed by atoms with E-state index < -0.39 is 0 Å². The Hall–Kier alpha value is -6.00. The first-order valence-corrected chi connectivity index (χ1v) is 15.2. The minimum Gasteiger partial charge on any atom is -0.456 e. The van der Waals surface area contributed by atoms with Crippen LogP contribution in [0.4, 0.5) is 0 Å². The maximum atomic E-state index is 6.40. The lowest BCUT2D eigenvalue weighted by Gasteiger charge is -2.25. The average Bonchev–Trinajstić information content (AvgIpc) is 3.50. The van der Waals surface area contributed by atoms with Crippen LogP contribution in [0.5, 0.6) is 0 Å². The summed E-state index contributed by atoms with van der Waals surface area (Å²) in [5.74, 6) is 1.46. The summed E-state index contributed by atoms with van der Waals surface area (Å²) in [5, 5.41) is 10.5. The molecule has 0 fully saturated rings. The Morgan fingerprint density at radius 2 is 1.22 bits per heavy atom. The van der Waals surface area contributed by atoms with Crippen LogP contribution in [0.25, 0.3) is 54.6 Å². The second-order valence-corrected chi connectivity index (χ2v) is 11.5. The van der Waals surface area contributed by atoms with Crippen molar-refractivity contribution in [1.29, 1.82) is 0 Å². The molecule has 0 aliphatic carbocycles. The first-order valence-electron chi connectivity index (χ1n) is 15.2. The number of furan rings is 1. The van der Waals surface area contributed by atoms with Crippen LogP contribution in [-0.2, 0) is 0 Å². The maximum Gasteiger partial charge on any atom is 0.160 e. The molecule has 1 aliphatic rings. The van der Waals surface area contributed by atoms with Gasteiger partial charge in [-0.25, -0.2) is 9.98 Å². The number of nitrogens with one attached hydrogen (secondary N) is 1. The molecule has 45 heavy (non-hydrogen) atoms. The summed E-state index contributed by atoms with van der Waals surface area (Å²) >= 11 is 0. The van der Waals surface area contributed by atoms with E-state index in [2.05, 4.69) is 127 Å². The molecule has 7 aromatic carbocycles. The van der Waals surface area contributed by atoms with Gasteiger partial charge >= 0.3 is 0 Å². The zero-order valence-corrected chi connectivity index (χ0v) is 24.3. The molecule has 1 aliphatic heterocycles. The van der Waals surface area contributed by atoms with E-state index in [1.807, 2.05) is 30.3 Å². The molecule has 4 heteroatoms. The molecule has 0 bridgehead atoms. The standard InChI is InChI=1S/C41H27N3O/c1-2-12-28(13-3-1)39-42-40(32-21-19-27-11-5-7-15-30(27)25-32)44-41(43-39)38-33(31-20-18-26-10-4-6-14-29(26)24-31)22-23-36-37(38)34-16-8-9-17-35(34)45-36/h1-25,40H,(H,42,43,44). The van der Waals surface area contributed by atoms with Gasteiger partial charge in [-0.3, -0.25) is 0 Å². The molecule has 0 amide bonds. The van der Waals surface area contributed by atoms with Gasteiger partial charge < -0.3 is 9.73 Å². The molecule has 8 aromatic rings. The van der Waals surface area contributed by atoms with E-state index in [4.69, 9.17) is 14.4 Å². The number of rotatable bonds is 4. The number of para-hydroxylation sites is 1. The molecular formula is C41H27N3O. The van der Waals surface area contributed by atoms with Crippen molar-refractivity contribution in [2.75, 3.05) is 0 Å². The molecule has 0 radical (unpaired) electrons. The average molecular weight is 578 g/mol. The van der Waals surface area contributed by atoms with Crippen molar-refractivity contribution in [3.8, 4) is 11.1 Å². The van der Waals surface area contributed by atoms with E-state index in [1.54, 1.807) is 0 Å². The second-order valence-electron chi connectivity index (χ2n) is 11.5. The highest BCUT2D eigenvalue weighted by Crippen LogP contribution is 2.39. The number of benzene rings is 7. The lowest BCUT2D eigenvalue weighted by Crippen LogP contribution is -2.33. The van der Waals surface area contributed by atoms with Crippen LogP contribution in [0.1, 0.15) is 22.9 Å². The summed E-state index contributed by atoms with van der Waals surface area (Å²) < 4.78 is 6.40. The smallest absolute Gasteiger partial charge is 0.160 e. The fourth-order valence-corrected chi connectivity index (χ4v) is 6.50. The van der Waals surface area contributed by atoms with Crippen molar-refractivity contribution in [2.24, 2.45) is 9.98 Å². The fourth-order valence-electron chi connectivity index (χ4n) is 6.50. The second kappa shape index (κ2) is 10.3. The lowest BCUT2D eigenvalue weighted by molar-refractivity contribution is 0.668. The van der Waals surface area contributed by atoms with Crippen LogP contribution in [-0.4, -0.2) is 11.7 Å². The summed E-state index contributed by atoms with van der Waals surface area (Å²) in [6.45, 7) is 0. The summed E-state index contributed by atoms with van der Waals surface area (Å²) in [7, 11) is 0. The highest BCUT2D eigenvalue weighted by atomic mass is 16.3. The van der Waals surface area contributed by atoms with Crippen LogP contribution in [0.15, 0.2) is 166 Å². The number of nitrogens with zero attached hydrogens (tertiary/aromatic N) is 2. The van der Waals surface area contributed by atoms with Gasteiger partial charge in [-0.05, 0) is 68.6 Å². The van der Waals surface area contributed by atoms with Crippen molar-refractivity contribution in [3.63, 3.8) is 0 Å². The van der Waals surface area contributed by atoms with Crippen LogP contribution in [0.2, 0.25) is 0 Å². The monoisotopic (exact) mass is 577 g/mol. The predicted octanol–water partition coefficient (Wildman–Crippen LogP) is 10.1. The first-order chi connectivity index (χ1) is 22.3. The summed E-state index contributed by atoms with van der Waals surface area (Å²) in [6, 6.07) is 52.8. The van der Waals surface area contributed by atoms with E-state index >= 15 is 0 Å². The third-order valence-corrected chi connectivity index (χ3v) is 8.71. The third kappa shape index (κ3) is 4.38. The zero-order chi connectivity index (χ0) is 29.7. The fraction of sp³-hybridized carbons (Fsp3) is 0.0244. The molecule has 1 atom stereocenters. The minimum absolute atomic E-state index is 0.338. The van der Waals surface area contributed by atoms with Gasteiger partial charge in [0, 0.05) is 21.9 Å². The van der Waals surface area contributed by atoms with Gasteiger partial charge in [-0.2, -0.15) is 0 Å². The van der Waals surface area contributed by atoms with Gasteiger partial charge in [0.15, 0.2) is 5.84 Å². The molecule has 4 nitrogen and oxygen atoms in total. The zero-order valence-electron chi connectivity index (χ0n) is 24.3. The van der Waals surface area contributed by atoms with E-state index in [9.17, 15) is 0 Å². The molecule has 9 rings (SSSR count). The molecule has 0 saturated heterocycles. The van der Waals surface area contributed by atoms with Crippen molar-refractivity contribution in [1.82, 2.24) is 5.32 Å². The molecule has 2 heterocycles. The van der Waals surface area contributed by atoms with Crippen LogP contribution < -0.4 is 5.32 Å². The number of hydrogen-bond acceptors (Lipinski definition) is 4. The molecular weight excluding hydrogens is 550 g/mol. The maximum absolute atomic E-state index is 6.40. The summed E-state index contributed by atoms with van der Waals surface area (Å²) in [6.07, 6.45) is -0.338. The van der Waals surface area contributed by atoms with Crippen molar-refractivity contribution in [2.45, 2.75) is 6.17 Å². The van der Waals surface area contributed by atoms with Gasteiger partial charge in [-0.15, -0.1) is 0 Å². The summed E-state index contributed by atoms with van der Waals surface area (Å²) in [5.41, 5.74) is 6.88. The number of aliphatic imine (C=N–C) groups is 2. The third-order valence-electron chi connectivity index (χ3n) is 8.71. The van der Waals surface area contributed by atoms with Gasteiger partial charge in [0.05, 0.1) is 0 Å². The van der Waals surface area contributed by atoms with Gasteiger partial charge in [0.1, 0.15) is 23.2 Å². The molecule has 0 saturated carbocycles. The number of fused-ring (bicyclic) bond motifs is 5. The Bertz CT molecular complexity index is 2470. The largest absolute Gasteiger partial charge is 0.456 e. The van der Waals surface area contributed by atoms with E-state index in [0.29, 0.717) is 5.84 Å². The normalized spacial score (nSPS) is 14.9. The molecule has 1 aromatic heterocycles. The highest BCUT2D eigenvalue weighted by molar-refractivity contribution is 6.24. The summed E-state index contributed by atoms with van der Waals surface area (Å²) in [4.78, 5) is 10.6. The van der Waals surface area contributed by atoms with E-state index in [1.165, 1.54) is 21.5 Å². The van der Waals surface area contributed by atoms with Crippen LogP contribution in [0.3, 0.4) is 0 Å². The minimum atomic E-state index is -0.338. The van der Waals surface area contributed by atoms with Crippen LogP contribution >= 0.6 is 0 Å². The van der Waals surface area contributed by atoms with Crippen molar-refractivity contribution < 1.29 is 4.42 Å².